The van der Waals surface area contributed by atoms with E-state index in [1.165, 1.54) is 128 Å². The summed E-state index contributed by atoms with van der Waals surface area (Å²) in [6.45, 7) is 6.49. The van der Waals surface area contributed by atoms with Crippen LogP contribution < -0.4 is 0 Å². The lowest BCUT2D eigenvalue weighted by molar-refractivity contribution is -0.167. The van der Waals surface area contributed by atoms with Gasteiger partial charge in [-0.2, -0.15) is 0 Å². The molecule has 0 aromatic carbocycles. The van der Waals surface area contributed by atoms with Crippen molar-refractivity contribution in [3.8, 4) is 0 Å². The predicted molar refractivity (Wildman–Crippen MR) is 270 cm³/mol. The first-order valence-electron chi connectivity index (χ1n) is 26.8. The van der Waals surface area contributed by atoms with E-state index in [9.17, 15) is 14.4 Å². The van der Waals surface area contributed by atoms with Crippen molar-refractivity contribution in [3.63, 3.8) is 0 Å². The number of carbonyl (C=O) groups is 3. The molecular formula is C57H100O6. The third-order valence-corrected chi connectivity index (χ3v) is 11.5. The first-order chi connectivity index (χ1) is 31.0. The molecule has 6 heteroatoms. The minimum absolute atomic E-state index is 0.0851. The fraction of sp³-hybridized carbons (Fsp3) is 0.772. The molecule has 1 unspecified atom stereocenters. The van der Waals surface area contributed by atoms with E-state index in [4.69, 9.17) is 14.2 Å². The Morgan fingerprint density at radius 2 is 0.619 bits per heavy atom. The topological polar surface area (TPSA) is 78.9 Å². The van der Waals surface area contributed by atoms with Crippen LogP contribution in [0, 0.1) is 0 Å². The van der Waals surface area contributed by atoms with Gasteiger partial charge >= 0.3 is 17.9 Å². The summed E-state index contributed by atoms with van der Waals surface area (Å²) in [7, 11) is 0. The van der Waals surface area contributed by atoms with E-state index in [0.29, 0.717) is 19.3 Å². The predicted octanol–water partition coefficient (Wildman–Crippen LogP) is 17.6. The monoisotopic (exact) mass is 881 g/mol. The molecule has 0 aromatic heterocycles. The summed E-state index contributed by atoms with van der Waals surface area (Å²) in [4.78, 5) is 38.0. The van der Waals surface area contributed by atoms with Crippen molar-refractivity contribution >= 4 is 17.9 Å². The molecule has 0 rings (SSSR count). The number of rotatable bonds is 48. The maximum absolute atomic E-state index is 12.8. The molecule has 0 aliphatic rings. The second kappa shape index (κ2) is 51.7. The molecule has 0 saturated heterocycles. The van der Waals surface area contributed by atoms with Gasteiger partial charge in [-0.1, -0.05) is 204 Å². The van der Waals surface area contributed by atoms with Gasteiger partial charge in [0.05, 0.1) is 0 Å². The van der Waals surface area contributed by atoms with Gasteiger partial charge in [0.1, 0.15) is 13.2 Å². The maximum Gasteiger partial charge on any atom is 0.306 e. The van der Waals surface area contributed by atoms with Crippen molar-refractivity contribution in [1.82, 2.24) is 0 Å². The molecule has 0 aliphatic heterocycles. The fourth-order valence-corrected chi connectivity index (χ4v) is 7.45. The van der Waals surface area contributed by atoms with Gasteiger partial charge in [-0.15, -0.1) is 0 Å². The Labute approximate surface area is 390 Å². The standard InChI is InChI=1S/C57H100O6/c1-4-7-10-13-16-19-22-25-27-28-29-30-31-33-35-38-41-44-47-50-56(59)62-53-54(52-61-55(58)49-46-43-40-37-34-24-21-18-15-12-9-6-3)63-57(60)51-48-45-42-39-36-32-26-23-20-17-14-11-8-5-2/h7,10,16,18-19,21,25,27,32,36,54H,4-6,8-9,11-15,17,20,22-24,26,28-31,33-35,37-53H2,1-3H3/b10-7-,19-16-,21-18-,27-25-,36-32-. The van der Waals surface area contributed by atoms with Gasteiger partial charge in [0.25, 0.3) is 0 Å². The van der Waals surface area contributed by atoms with Gasteiger partial charge in [-0.05, 0) is 103 Å². The Kier molecular flexibility index (Phi) is 49.4. The summed E-state index contributed by atoms with van der Waals surface area (Å²) in [5, 5.41) is 0. The molecule has 0 N–H and O–H groups in total. The lowest BCUT2D eigenvalue weighted by Gasteiger charge is -2.18. The first kappa shape index (κ1) is 60.1. The number of hydrogen-bond acceptors (Lipinski definition) is 6. The van der Waals surface area contributed by atoms with E-state index in [1.807, 2.05) is 0 Å². The molecule has 0 fully saturated rings. The smallest absolute Gasteiger partial charge is 0.306 e. The lowest BCUT2D eigenvalue weighted by atomic mass is 10.1. The van der Waals surface area contributed by atoms with Gasteiger partial charge in [-0.25, -0.2) is 0 Å². The zero-order valence-corrected chi connectivity index (χ0v) is 41.6. The molecule has 0 radical (unpaired) electrons. The summed E-state index contributed by atoms with van der Waals surface area (Å²) < 4.78 is 16.8. The van der Waals surface area contributed by atoms with Gasteiger partial charge in [0, 0.05) is 19.3 Å². The molecule has 0 bridgehead atoms. The normalized spacial score (nSPS) is 12.5. The SMILES string of the molecule is CC/C=C\C/C=C\C/C=C\CCCCCCCCCCCC(=O)OCC(COC(=O)CCCCCCC/C=C\CCCCC)OC(=O)CCCCC/C=C\CCCCCCCCC. The molecule has 63 heavy (non-hydrogen) atoms. The molecule has 0 saturated carbocycles. The van der Waals surface area contributed by atoms with Crippen LogP contribution in [0.15, 0.2) is 60.8 Å². The van der Waals surface area contributed by atoms with Crippen molar-refractivity contribution in [2.24, 2.45) is 0 Å². The second-order valence-corrected chi connectivity index (χ2v) is 17.7. The molecule has 0 heterocycles. The number of hydrogen-bond donors (Lipinski definition) is 0. The average Bonchev–Trinajstić information content (AvgIpc) is 3.28. The lowest BCUT2D eigenvalue weighted by Crippen LogP contribution is -2.30. The van der Waals surface area contributed by atoms with Crippen molar-refractivity contribution in [2.75, 3.05) is 13.2 Å². The number of carbonyl (C=O) groups excluding carboxylic acids is 3. The number of esters is 3. The van der Waals surface area contributed by atoms with Crippen LogP contribution in [-0.2, 0) is 28.6 Å². The van der Waals surface area contributed by atoms with Crippen LogP contribution in [0.5, 0.6) is 0 Å². The minimum atomic E-state index is -0.786. The zero-order valence-electron chi connectivity index (χ0n) is 41.6. The molecule has 0 aliphatic carbocycles. The fourth-order valence-electron chi connectivity index (χ4n) is 7.45. The van der Waals surface area contributed by atoms with E-state index in [2.05, 4.69) is 81.5 Å². The maximum atomic E-state index is 12.8. The van der Waals surface area contributed by atoms with E-state index in [0.717, 1.165) is 96.3 Å². The van der Waals surface area contributed by atoms with Crippen LogP contribution in [0.2, 0.25) is 0 Å². The molecule has 364 valence electrons. The van der Waals surface area contributed by atoms with Crippen molar-refractivity contribution < 1.29 is 28.6 Å². The summed E-state index contributed by atoms with van der Waals surface area (Å²) in [5.41, 5.74) is 0. The number of allylic oxidation sites excluding steroid dienone is 10. The van der Waals surface area contributed by atoms with Crippen LogP contribution in [0.4, 0.5) is 0 Å². The molecular weight excluding hydrogens is 781 g/mol. The Morgan fingerprint density at radius 3 is 1.03 bits per heavy atom. The van der Waals surface area contributed by atoms with Crippen molar-refractivity contribution in [3.05, 3.63) is 60.8 Å². The van der Waals surface area contributed by atoms with E-state index >= 15 is 0 Å². The van der Waals surface area contributed by atoms with Crippen LogP contribution in [-0.4, -0.2) is 37.2 Å². The Hall–Kier alpha value is -2.89. The van der Waals surface area contributed by atoms with Gasteiger partial charge in [0.15, 0.2) is 6.10 Å². The third-order valence-electron chi connectivity index (χ3n) is 11.5. The molecule has 0 spiro atoms. The highest BCUT2D eigenvalue weighted by Gasteiger charge is 2.19. The number of unbranched alkanes of at least 4 members (excludes halogenated alkanes) is 27. The highest BCUT2D eigenvalue weighted by molar-refractivity contribution is 5.71. The molecule has 0 aromatic rings. The Balaban J connectivity index is 4.37. The van der Waals surface area contributed by atoms with Crippen molar-refractivity contribution in [2.45, 2.75) is 271 Å². The van der Waals surface area contributed by atoms with Crippen molar-refractivity contribution in [1.29, 1.82) is 0 Å². The highest BCUT2D eigenvalue weighted by atomic mass is 16.6. The van der Waals surface area contributed by atoms with Crippen LogP contribution >= 0.6 is 0 Å². The summed E-state index contributed by atoms with van der Waals surface area (Å²) in [6.07, 6.45) is 63.5. The van der Waals surface area contributed by atoms with Gasteiger partial charge in [-0.3, -0.25) is 14.4 Å². The molecule has 0 amide bonds. The Bertz CT molecular complexity index is 1150. The highest BCUT2D eigenvalue weighted by Crippen LogP contribution is 2.15. The third kappa shape index (κ3) is 50.0. The quantitative estimate of drug-likeness (QED) is 0.0262. The second-order valence-electron chi connectivity index (χ2n) is 17.7. The van der Waals surface area contributed by atoms with E-state index in [1.54, 1.807) is 0 Å². The van der Waals surface area contributed by atoms with Crippen LogP contribution in [0.25, 0.3) is 0 Å². The van der Waals surface area contributed by atoms with Gasteiger partial charge in [0.2, 0.25) is 0 Å². The first-order valence-corrected chi connectivity index (χ1v) is 26.8. The zero-order chi connectivity index (χ0) is 45.8. The van der Waals surface area contributed by atoms with Crippen LogP contribution in [0.3, 0.4) is 0 Å². The average molecular weight is 881 g/mol. The largest absolute Gasteiger partial charge is 0.462 e. The Morgan fingerprint density at radius 1 is 0.333 bits per heavy atom. The summed E-state index contributed by atoms with van der Waals surface area (Å²) >= 11 is 0. The van der Waals surface area contributed by atoms with E-state index in [-0.39, 0.29) is 31.1 Å². The summed E-state index contributed by atoms with van der Waals surface area (Å²) in [6, 6.07) is 0. The number of ether oxygens (including phenoxy) is 3. The summed E-state index contributed by atoms with van der Waals surface area (Å²) in [5.74, 6) is -0.910. The van der Waals surface area contributed by atoms with E-state index < -0.39 is 6.10 Å². The molecule has 1 atom stereocenters. The molecule has 6 nitrogen and oxygen atoms in total. The minimum Gasteiger partial charge on any atom is -0.462 e. The van der Waals surface area contributed by atoms with Gasteiger partial charge < -0.3 is 14.2 Å². The van der Waals surface area contributed by atoms with Crippen LogP contribution in [0.1, 0.15) is 265 Å².